The number of rotatable bonds is 1. The van der Waals surface area contributed by atoms with Crippen molar-refractivity contribution in [3.05, 3.63) is 16.6 Å². The monoisotopic (exact) mass is 211 g/mol. The van der Waals surface area contributed by atoms with Crippen LogP contribution in [0.15, 0.2) is 11.7 Å². The summed E-state index contributed by atoms with van der Waals surface area (Å²) < 4.78 is 0. The molecule has 0 bridgehead atoms. The highest BCUT2D eigenvalue weighted by atomic mass is 32.1. The lowest BCUT2D eigenvalue weighted by atomic mass is 10.3. The van der Waals surface area contributed by atoms with Crippen LogP contribution >= 0.6 is 11.3 Å². The number of thiazole rings is 1. The van der Waals surface area contributed by atoms with E-state index in [1.165, 1.54) is 22.4 Å². The summed E-state index contributed by atoms with van der Waals surface area (Å²) in [6.07, 6.45) is 1.53. The summed E-state index contributed by atoms with van der Waals surface area (Å²) in [6.45, 7) is 1.25. The van der Waals surface area contributed by atoms with Crippen molar-refractivity contribution in [3.8, 4) is 0 Å². The van der Waals surface area contributed by atoms with Gasteiger partial charge in [-0.3, -0.25) is 14.6 Å². The predicted octanol–water partition coefficient (Wildman–Crippen LogP) is -0.285. The number of carbonyl (C=O) groups is 2. The lowest BCUT2D eigenvalue weighted by molar-refractivity contribution is -0.123. The van der Waals surface area contributed by atoms with Gasteiger partial charge in [0.2, 0.25) is 5.91 Å². The van der Waals surface area contributed by atoms with Crippen LogP contribution in [-0.2, 0) is 4.79 Å². The maximum absolute atomic E-state index is 11.7. The molecule has 1 saturated heterocycles. The zero-order valence-electron chi connectivity index (χ0n) is 7.40. The van der Waals surface area contributed by atoms with Gasteiger partial charge in [0.05, 0.1) is 18.3 Å². The Balaban J connectivity index is 2.08. The lowest BCUT2D eigenvalue weighted by Crippen LogP contribution is -2.49. The molecule has 2 heterocycles. The van der Waals surface area contributed by atoms with Crippen molar-refractivity contribution in [3.63, 3.8) is 0 Å². The fraction of sp³-hybridized carbons (Fsp3) is 0.375. The Morgan fingerprint density at radius 2 is 2.50 bits per heavy atom. The fourth-order valence-corrected chi connectivity index (χ4v) is 1.88. The van der Waals surface area contributed by atoms with Crippen LogP contribution in [0.1, 0.15) is 9.67 Å². The Hall–Kier alpha value is -1.43. The van der Waals surface area contributed by atoms with Gasteiger partial charge in [-0.2, -0.15) is 0 Å². The van der Waals surface area contributed by atoms with Crippen molar-refractivity contribution in [2.45, 2.75) is 0 Å². The molecule has 5 nitrogen and oxygen atoms in total. The molecule has 6 heteroatoms. The second kappa shape index (κ2) is 3.75. The predicted molar refractivity (Wildman–Crippen MR) is 51.0 cm³/mol. The van der Waals surface area contributed by atoms with Crippen LogP contribution in [0.3, 0.4) is 0 Å². The van der Waals surface area contributed by atoms with Gasteiger partial charge in [0, 0.05) is 13.1 Å². The van der Waals surface area contributed by atoms with Gasteiger partial charge in [-0.15, -0.1) is 11.3 Å². The molecule has 0 aliphatic carbocycles. The number of piperazine rings is 1. The Morgan fingerprint density at radius 3 is 3.14 bits per heavy atom. The summed E-state index contributed by atoms with van der Waals surface area (Å²) >= 11 is 1.29. The van der Waals surface area contributed by atoms with Gasteiger partial charge in [0.1, 0.15) is 4.88 Å². The van der Waals surface area contributed by atoms with E-state index in [0.29, 0.717) is 18.0 Å². The highest BCUT2D eigenvalue weighted by Crippen LogP contribution is 2.10. The molecule has 1 aliphatic rings. The van der Waals surface area contributed by atoms with Crippen LogP contribution in [-0.4, -0.2) is 41.3 Å². The standard InChI is InChI=1S/C8H9N3O2S/c12-7-4-11(2-1-10-7)8(13)6-3-9-5-14-6/h3,5H,1-2,4H2,(H,10,12). The lowest BCUT2D eigenvalue weighted by Gasteiger charge is -2.25. The van der Waals surface area contributed by atoms with Crippen molar-refractivity contribution in [2.24, 2.45) is 0 Å². The fourth-order valence-electron chi connectivity index (χ4n) is 1.29. The van der Waals surface area contributed by atoms with Gasteiger partial charge in [-0.1, -0.05) is 0 Å². The van der Waals surface area contributed by atoms with Gasteiger partial charge >= 0.3 is 0 Å². The zero-order valence-corrected chi connectivity index (χ0v) is 8.21. The number of nitrogens with zero attached hydrogens (tertiary/aromatic N) is 2. The van der Waals surface area contributed by atoms with Crippen molar-refractivity contribution in [2.75, 3.05) is 19.6 Å². The zero-order chi connectivity index (χ0) is 9.97. The summed E-state index contributed by atoms with van der Waals surface area (Å²) in [5, 5.41) is 2.67. The molecule has 1 fully saturated rings. The summed E-state index contributed by atoms with van der Waals surface area (Å²) in [4.78, 5) is 28.7. The Labute approximate surface area is 84.7 Å². The van der Waals surface area contributed by atoms with Crippen LogP contribution in [0.5, 0.6) is 0 Å². The third kappa shape index (κ3) is 1.74. The van der Waals surface area contributed by atoms with Gasteiger partial charge in [-0.05, 0) is 0 Å². The molecular weight excluding hydrogens is 202 g/mol. The van der Waals surface area contributed by atoms with Gasteiger partial charge < -0.3 is 10.2 Å². The first kappa shape index (κ1) is 9.14. The average Bonchev–Trinajstić information content (AvgIpc) is 2.69. The van der Waals surface area contributed by atoms with Crippen LogP contribution in [0.2, 0.25) is 0 Å². The topological polar surface area (TPSA) is 62.3 Å². The average molecular weight is 211 g/mol. The smallest absolute Gasteiger partial charge is 0.266 e. The Bertz CT molecular complexity index is 349. The molecule has 0 aromatic carbocycles. The highest BCUT2D eigenvalue weighted by molar-refractivity contribution is 7.11. The summed E-state index contributed by atoms with van der Waals surface area (Å²) in [5.74, 6) is -0.212. The minimum atomic E-state index is -0.109. The molecule has 0 radical (unpaired) electrons. The van der Waals surface area contributed by atoms with Gasteiger partial charge in [0.15, 0.2) is 0 Å². The Kier molecular flexibility index (Phi) is 2.45. The molecule has 0 unspecified atom stereocenters. The molecule has 0 atom stereocenters. The molecule has 2 rings (SSSR count). The first-order chi connectivity index (χ1) is 6.77. The van der Waals surface area contributed by atoms with Gasteiger partial charge in [0.25, 0.3) is 5.91 Å². The maximum atomic E-state index is 11.7. The molecule has 2 amide bonds. The van der Waals surface area contributed by atoms with Crippen molar-refractivity contribution >= 4 is 23.2 Å². The van der Waals surface area contributed by atoms with Crippen LogP contribution in [0.4, 0.5) is 0 Å². The molecular formula is C8H9N3O2S. The summed E-state index contributed by atoms with van der Waals surface area (Å²) in [6, 6.07) is 0. The maximum Gasteiger partial charge on any atom is 0.266 e. The van der Waals surface area contributed by atoms with E-state index in [1.54, 1.807) is 5.51 Å². The molecule has 1 N–H and O–H groups in total. The number of aromatic nitrogens is 1. The van der Waals surface area contributed by atoms with E-state index >= 15 is 0 Å². The molecule has 1 aromatic rings. The molecule has 0 saturated carbocycles. The normalized spacial score (nSPS) is 16.6. The summed E-state index contributed by atoms with van der Waals surface area (Å²) in [5.41, 5.74) is 1.61. The van der Waals surface area contributed by atoms with Crippen molar-refractivity contribution < 1.29 is 9.59 Å². The van der Waals surface area contributed by atoms with Crippen molar-refractivity contribution in [1.29, 1.82) is 0 Å². The number of nitrogens with one attached hydrogen (secondary N) is 1. The van der Waals surface area contributed by atoms with E-state index in [4.69, 9.17) is 0 Å². The van der Waals surface area contributed by atoms with E-state index in [9.17, 15) is 9.59 Å². The highest BCUT2D eigenvalue weighted by Gasteiger charge is 2.22. The van der Waals surface area contributed by atoms with E-state index in [2.05, 4.69) is 10.3 Å². The van der Waals surface area contributed by atoms with Crippen LogP contribution in [0, 0.1) is 0 Å². The molecule has 1 aromatic heterocycles. The molecule has 1 aliphatic heterocycles. The number of hydrogen-bond donors (Lipinski definition) is 1. The molecule has 14 heavy (non-hydrogen) atoms. The van der Waals surface area contributed by atoms with E-state index in [0.717, 1.165) is 0 Å². The van der Waals surface area contributed by atoms with E-state index in [-0.39, 0.29) is 18.4 Å². The first-order valence-corrected chi connectivity index (χ1v) is 5.10. The second-order valence-electron chi connectivity index (χ2n) is 2.94. The Morgan fingerprint density at radius 1 is 1.64 bits per heavy atom. The van der Waals surface area contributed by atoms with E-state index < -0.39 is 0 Å². The minimum Gasteiger partial charge on any atom is -0.353 e. The molecule has 0 spiro atoms. The van der Waals surface area contributed by atoms with Gasteiger partial charge in [-0.25, -0.2) is 0 Å². The quantitative estimate of drug-likeness (QED) is 0.694. The van der Waals surface area contributed by atoms with E-state index in [1.807, 2.05) is 0 Å². The third-order valence-corrected chi connectivity index (χ3v) is 2.73. The van der Waals surface area contributed by atoms with Crippen LogP contribution < -0.4 is 5.32 Å². The first-order valence-electron chi connectivity index (χ1n) is 4.22. The summed E-state index contributed by atoms with van der Waals surface area (Å²) in [7, 11) is 0. The SMILES string of the molecule is O=C1CN(C(=O)c2cncs2)CCN1. The second-order valence-corrected chi connectivity index (χ2v) is 3.83. The number of carbonyl (C=O) groups excluding carboxylic acids is 2. The van der Waals surface area contributed by atoms with Crippen LogP contribution in [0.25, 0.3) is 0 Å². The minimum absolute atomic E-state index is 0.103. The number of hydrogen-bond acceptors (Lipinski definition) is 4. The van der Waals surface area contributed by atoms with Crippen molar-refractivity contribution in [1.82, 2.24) is 15.2 Å². The third-order valence-electron chi connectivity index (χ3n) is 1.97. The largest absolute Gasteiger partial charge is 0.353 e. The number of amides is 2. The molecule has 74 valence electrons.